The van der Waals surface area contributed by atoms with Gasteiger partial charge in [0.25, 0.3) is 0 Å². The number of nitrogens with zero attached hydrogens (tertiary/aromatic N) is 3. The highest BCUT2D eigenvalue weighted by atomic mass is 35.5. The Hall–Kier alpha value is -2.41. The fourth-order valence-corrected chi connectivity index (χ4v) is 2.60. The van der Waals surface area contributed by atoms with Gasteiger partial charge < -0.3 is 14.2 Å². The molecule has 7 nitrogen and oxygen atoms in total. The van der Waals surface area contributed by atoms with Gasteiger partial charge in [-0.2, -0.15) is 4.98 Å². The molecule has 2 rings (SSSR count). The predicted molar refractivity (Wildman–Crippen MR) is 105 cm³/mol. The average molecular weight is 408 g/mol. The van der Waals surface area contributed by atoms with E-state index in [1.807, 2.05) is 32.9 Å². The summed E-state index contributed by atoms with van der Waals surface area (Å²) in [6.45, 7) is 6.22. The Balaban J connectivity index is 1.94. The first-order valence-corrected chi connectivity index (χ1v) is 9.49. The van der Waals surface area contributed by atoms with Gasteiger partial charge in [0.1, 0.15) is 6.54 Å². The number of carbonyl (C=O) groups excluding carboxylic acids is 2. The van der Waals surface area contributed by atoms with E-state index in [4.69, 9.17) is 20.9 Å². The zero-order valence-electron chi connectivity index (χ0n) is 16.7. The van der Waals surface area contributed by atoms with Crippen molar-refractivity contribution in [3.8, 4) is 0 Å². The monoisotopic (exact) mass is 407 g/mol. The molecule has 0 fully saturated rings. The lowest BCUT2D eigenvalue weighted by Gasteiger charge is -2.21. The summed E-state index contributed by atoms with van der Waals surface area (Å²) in [5.74, 6) is 0.545. The molecule has 0 aliphatic carbocycles. The molecule has 0 unspecified atom stereocenters. The van der Waals surface area contributed by atoms with Crippen LogP contribution >= 0.6 is 11.6 Å². The smallest absolute Gasteiger partial charge is 0.325 e. The number of aryl methyl sites for hydroxylation is 1. The number of amides is 1. The van der Waals surface area contributed by atoms with Crippen molar-refractivity contribution in [2.24, 2.45) is 0 Å². The van der Waals surface area contributed by atoms with Gasteiger partial charge in [-0.1, -0.05) is 49.7 Å². The van der Waals surface area contributed by atoms with Crippen LogP contribution in [0.2, 0.25) is 5.02 Å². The lowest BCUT2D eigenvalue weighted by Crippen LogP contribution is -2.35. The maximum Gasteiger partial charge on any atom is 0.325 e. The van der Waals surface area contributed by atoms with Gasteiger partial charge >= 0.3 is 5.97 Å². The fourth-order valence-electron chi connectivity index (χ4n) is 2.47. The van der Waals surface area contributed by atoms with E-state index in [9.17, 15) is 9.59 Å². The number of carbonyl (C=O) groups is 2. The molecule has 2 aromatic rings. The molecule has 28 heavy (non-hydrogen) atoms. The maximum absolute atomic E-state index is 12.6. The second-order valence-electron chi connectivity index (χ2n) is 7.57. The molecule has 1 aromatic carbocycles. The number of methoxy groups -OCH3 is 1. The molecule has 0 spiro atoms. The summed E-state index contributed by atoms with van der Waals surface area (Å²) in [6.07, 6.45) is 1.31. The van der Waals surface area contributed by atoms with E-state index < -0.39 is 5.97 Å². The Morgan fingerprint density at radius 3 is 2.46 bits per heavy atom. The third kappa shape index (κ3) is 6.64. The van der Waals surface area contributed by atoms with Gasteiger partial charge in [-0.25, -0.2) is 0 Å². The molecule has 0 radical (unpaired) electrons. The summed E-state index contributed by atoms with van der Waals surface area (Å²) >= 11 is 5.90. The predicted octanol–water partition coefficient (Wildman–Crippen LogP) is 3.55. The largest absolute Gasteiger partial charge is 0.468 e. The highest BCUT2D eigenvalue weighted by Gasteiger charge is 2.22. The minimum atomic E-state index is -0.464. The van der Waals surface area contributed by atoms with E-state index in [0.29, 0.717) is 36.1 Å². The molecule has 0 saturated carbocycles. The molecule has 0 atom stereocenters. The van der Waals surface area contributed by atoms with Crippen molar-refractivity contribution >= 4 is 23.5 Å². The van der Waals surface area contributed by atoms with Crippen molar-refractivity contribution < 1.29 is 18.8 Å². The molecule has 152 valence electrons. The molecule has 0 saturated heterocycles. The molecule has 1 heterocycles. The number of benzene rings is 1. The molecule has 0 bridgehead atoms. The molecule has 1 aromatic heterocycles. The van der Waals surface area contributed by atoms with Gasteiger partial charge in [0.05, 0.1) is 7.11 Å². The lowest BCUT2D eigenvalue weighted by molar-refractivity contribution is -0.147. The summed E-state index contributed by atoms with van der Waals surface area (Å²) in [5, 5.41) is 4.59. The summed E-state index contributed by atoms with van der Waals surface area (Å²) in [7, 11) is 1.30. The van der Waals surface area contributed by atoms with E-state index >= 15 is 0 Å². The second kappa shape index (κ2) is 9.68. The van der Waals surface area contributed by atoms with Crippen LogP contribution in [-0.2, 0) is 32.7 Å². The molecular weight excluding hydrogens is 382 g/mol. The molecule has 0 N–H and O–H groups in total. The lowest BCUT2D eigenvalue weighted by atomic mass is 9.96. The number of hydrogen-bond acceptors (Lipinski definition) is 6. The number of aromatic nitrogens is 2. The summed E-state index contributed by atoms with van der Waals surface area (Å²) in [5.41, 5.74) is 0.696. The van der Waals surface area contributed by atoms with Gasteiger partial charge in [0.15, 0.2) is 5.82 Å². The van der Waals surface area contributed by atoms with Crippen LogP contribution < -0.4 is 0 Å². The van der Waals surface area contributed by atoms with Crippen molar-refractivity contribution in [3.63, 3.8) is 0 Å². The van der Waals surface area contributed by atoms with Crippen LogP contribution in [0.5, 0.6) is 0 Å². The van der Waals surface area contributed by atoms with Crippen LogP contribution in [0.1, 0.15) is 50.9 Å². The van der Waals surface area contributed by atoms with Crippen molar-refractivity contribution in [2.75, 3.05) is 13.7 Å². The SMILES string of the molecule is COC(=O)CN(Cc1ccc(Cl)cc1)C(=O)CCCc1nc(C(C)(C)C)no1. The minimum Gasteiger partial charge on any atom is -0.468 e. The standard InChI is InChI=1S/C20H26ClN3O4/c1-20(2,3)19-22-16(28-23-19)6-5-7-17(25)24(13-18(26)27-4)12-14-8-10-15(21)11-9-14/h8-11H,5-7,12-13H2,1-4H3. The van der Waals surface area contributed by atoms with E-state index in [2.05, 4.69) is 10.1 Å². The van der Waals surface area contributed by atoms with Gasteiger partial charge in [-0.15, -0.1) is 0 Å². The quantitative estimate of drug-likeness (QED) is 0.622. The molecule has 0 aliphatic rings. The Morgan fingerprint density at radius 1 is 1.21 bits per heavy atom. The first-order chi connectivity index (χ1) is 13.2. The summed E-state index contributed by atoms with van der Waals surface area (Å²) in [4.78, 5) is 30.2. The van der Waals surface area contributed by atoms with Gasteiger partial charge in [-0.05, 0) is 24.1 Å². The Bertz CT molecular complexity index is 797. The van der Waals surface area contributed by atoms with E-state index in [-0.39, 0.29) is 24.3 Å². The van der Waals surface area contributed by atoms with Crippen LogP contribution in [0, 0.1) is 0 Å². The van der Waals surface area contributed by atoms with Gasteiger partial charge in [0, 0.05) is 29.8 Å². The van der Waals surface area contributed by atoms with Gasteiger partial charge in [-0.3, -0.25) is 9.59 Å². The van der Waals surface area contributed by atoms with E-state index in [1.54, 1.807) is 12.1 Å². The normalized spacial score (nSPS) is 11.3. The summed E-state index contributed by atoms with van der Waals surface area (Å²) < 4.78 is 9.96. The van der Waals surface area contributed by atoms with Crippen LogP contribution in [-0.4, -0.2) is 40.6 Å². The average Bonchev–Trinajstić information content (AvgIpc) is 3.12. The van der Waals surface area contributed by atoms with Crippen LogP contribution in [0.25, 0.3) is 0 Å². The topological polar surface area (TPSA) is 85.5 Å². The zero-order chi connectivity index (χ0) is 20.7. The highest BCUT2D eigenvalue weighted by Crippen LogP contribution is 2.19. The summed E-state index contributed by atoms with van der Waals surface area (Å²) in [6, 6.07) is 7.15. The zero-order valence-corrected chi connectivity index (χ0v) is 17.5. The van der Waals surface area contributed by atoms with Gasteiger partial charge in [0.2, 0.25) is 11.8 Å². The van der Waals surface area contributed by atoms with E-state index in [0.717, 1.165) is 5.56 Å². The molecule has 0 aliphatic heterocycles. The third-order valence-corrected chi connectivity index (χ3v) is 4.36. The Kier molecular flexibility index (Phi) is 7.57. The number of hydrogen-bond donors (Lipinski definition) is 0. The molecule has 1 amide bonds. The second-order valence-corrected chi connectivity index (χ2v) is 8.00. The fraction of sp³-hybridized carbons (Fsp3) is 0.500. The Morgan fingerprint density at radius 2 is 1.89 bits per heavy atom. The van der Waals surface area contributed by atoms with Crippen molar-refractivity contribution in [2.45, 2.75) is 52.0 Å². The van der Waals surface area contributed by atoms with Crippen LogP contribution in [0.4, 0.5) is 0 Å². The Labute approximate surface area is 170 Å². The van der Waals surface area contributed by atoms with Crippen LogP contribution in [0.15, 0.2) is 28.8 Å². The number of esters is 1. The van der Waals surface area contributed by atoms with E-state index in [1.165, 1.54) is 12.0 Å². The van der Waals surface area contributed by atoms with Crippen molar-refractivity contribution in [1.29, 1.82) is 0 Å². The maximum atomic E-state index is 12.6. The number of halogens is 1. The van der Waals surface area contributed by atoms with Crippen molar-refractivity contribution in [3.05, 3.63) is 46.6 Å². The third-order valence-electron chi connectivity index (χ3n) is 4.11. The minimum absolute atomic E-state index is 0.104. The molecular formula is C20H26ClN3O4. The molecule has 8 heteroatoms. The number of rotatable bonds is 8. The first kappa shape index (κ1) is 21.9. The number of ether oxygens (including phenoxy) is 1. The van der Waals surface area contributed by atoms with Crippen molar-refractivity contribution in [1.82, 2.24) is 15.0 Å². The first-order valence-electron chi connectivity index (χ1n) is 9.11. The highest BCUT2D eigenvalue weighted by molar-refractivity contribution is 6.30. The van der Waals surface area contributed by atoms with Crippen LogP contribution in [0.3, 0.4) is 0 Å².